The molecule has 1 heterocycles. The highest BCUT2D eigenvalue weighted by Gasteiger charge is 2.13. The quantitative estimate of drug-likeness (QED) is 0.669. The number of nitrogens with zero attached hydrogens (tertiary/aromatic N) is 2. The molecule has 3 nitrogen and oxygen atoms in total. The number of halogens is 1. The van der Waals surface area contributed by atoms with Crippen LogP contribution in [0.5, 0.6) is 5.75 Å². The lowest BCUT2D eigenvalue weighted by molar-refractivity contribution is 0.419. The molecule has 21 heavy (non-hydrogen) atoms. The fraction of sp³-hybridized carbons (Fsp3) is 0.235. The van der Waals surface area contributed by atoms with Crippen LogP contribution in [0.15, 0.2) is 48.5 Å². The number of hydrogen-bond donors (Lipinski definition) is 0. The molecule has 3 aromatic rings. The minimum Gasteiger partial charge on any atom is -0.494 e. The molecule has 108 valence electrons. The maximum atomic E-state index is 5.93. The van der Waals surface area contributed by atoms with E-state index in [-0.39, 0.29) is 0 Å². The Balaban J connectivity index is 2.12. The van der Waals surface area contributed by atoms with E-state index in [2.05, 4.69) is 34.9 Å². The summed E-state index contributed by atoms with van der Waals surface area (Å²) in [6.45, 7) is 0.788. The van der Waals surface area contributed by atoms with Crippen LogP contribution in [0.4, 0.5) is 0 Å². The van der Waals surface area contributed by atoms with Gasteiger partial charge in [-0.05, 0) is 17.7 Å². The van der Waals surface area contributed by atoms with Gasteiger partial charge in [0.15, 0.2) is 0 Å². The first-order chi connectivity index (χ1) is 10.3. The minimum atomic E-state index is 0.556. The summed E-state index contributed by atoms with van der Waals surface area (Å²) in [5.74, 6) is 2.35. The second-order valence-electron chi connectivity index (χ2n) is 4.87. The van der Waals surface area contributed by atoms with Gasteiger partial charge in [0.05, 0.1) is 12.6 Å². The Labute approximate surface area is 129 Å². The van der Waals surface area contributed by atoms with Crippen LogP contribution in [-0.2, 0) is 13.0 Å². The zero-order chi connectivity index (χ0) is 14.7. The topological polar surface area (TPSA) is 27.1 Å². The molecule has 0 fully saturated rings. The van der Waals surface area contributed by atoms with Crippen molar-refractivity contribution in [3.8, 4) is 5.75 Å². The Hall–Kier alpha value is -2.00. The molecule has 0 N–H and O–H groups in total. The van der Waals surface area contributed by atoms with Crippen molar-refractivity contribution in [3.05, 3.63) is 59.9 Å². The number of imidazole rings is 1. The Kier molecular flexibility index (Phi) is 4.11. The van der Waals surface area contributed by atoms with Crippen LogP contribution in [0.25, 0.3) is 11.0 Å². The van der Waals surface area contributed by atoms with Gasteiger partial charge in [0.2, 0.25) is 0 Å². The molecular formula is C17H17ClN2O. The molecule has 0 bridgehead atoms. The second-order valence-corrected chi connectivity index (χ2v) is 5.24. The van der Waals surface area contributed by atoms with Crippen molar-refractivity contribution in [2.45, 2.75) is 13.0 Å². The van der Waals surface area contributed by atoms with Gasteiger partial charge in [-0.1, -0.05) is 36.4 Å². The molecule has 3 rings (SSSR count). The third-order valence-electron chi connectivity index (χ3n) is 3.54. The van der Waals surface area contributed by atoms with Gasteiger partial charge in [-0.3, -0.25) is 0 Å². The van der Waals surface area contributed by atoms with Crippen LogP contribution in [0.1, 0.15) is 11.4 Å². The number of aromatic nitrogens is 2. The van der Waals surface area contributed by atoms with E-state index in [9.17, 15) is 0 Å². The number of para-hydroxylation sites is 1. The first kappa shape index (κ1) is 14.0. The normalized spacial score (nSPS) is 11.0. The van der Waals surface area contributed by atoms with Gasteiger partial charge in [-0.15, -0.1) is 11.6 Å². The highest BCUT2D eigenvalue weighted by Crippen LogP contribution is 2.26. The van der Waals surface area contributed by atoms with Crippen LogP contribution >= 0.6 is 11.6 Å². The van der Waals surface area contributed by atoms with Gasteiger partial charge >= 0.3 is 0 Å². The largest absolute Gasteiger partial charge is 0.494 e. The van der Waals surface area contributed by atoms with E-state index >= 15 is 0 Å². The predicted octanol–water partition coefficient (Wildman–Crippen LogP) is 3.87. The van der Waals surface area contributed by atoms with E-state index in [1.54, 1.807) is 7.11 Å². The van der Waals surface area contributed by atoms with E-state index in [0.717, 1.165) is 35.6 Å². The fourth-order valence-corrected chi connectivity index (χ4v) is 2.72. The molecule has 1 aromatic heterocycles. The molecule has 0 saturated heterocycles. The number of methoxy groups -OCH3 is 1. The molecule has 0 spiro atoms. The van der Waals surface area contributed by atoms with Crippen molar-refractivity contribution >= 4 is 22.6 Å². The third-order valence-corrected chi connectivity index (χ3v) is 3.73. The molecule has 2 aromatic carbocycles. The second kappa shape index (κ2) is 6.19. The Morgan fingerprint density at radius 1 is 1.10 bits per heavy atom. The first-order valence-electron chi connectivity index (χ1n) is 6.95. The zero-order valence-electron chi connectivity index (χ0n) is 11.9. The Bertz CT molecular complexity index is 737. The molecule has 0 aliphatic carbocycles. The van der Waals surface area contributed by atoms with Crippen molar-refractivity contribution in [2.75, 3.05) is 13.0 Å². The van der Waals surface area contributed by atoms with Crippen molar-refractivity contribution in [1.29, 1.82) is 0 Å². The maximum absolute atomic E-state index is 5.93. The van der Waals surface area contributed by atoms with Crippen LogP contribution in [-0.4, -0.2) is 22.5 Å². The van der Waals surface area contributed by atoms with E-state index in [1.165, 1.54) is 5.56 Å². The van der Waals surface area contributed by atoms with E-state index in [4.69, 9.17) is 21.3 Å². The zero-order valence-corrected chi connectivity index (χ0v) is 12.7. The average molecular weight is 301 g/mol. The van der Waals surface area contributed by atoms with Gasteiger partial charge < -0.3 is 9.30 Å². The monoisotopic (exact) mass is 300 g/mol. The molecule has 0 amide bonds. The molecule has 0 aliphatic rings. The number of hydrogen-bond acceptors (Lipinski definition) is 2. The number of rotatable bonds is 5. The minimum absolute atomic E-state index is 0.556. The molecule has 0 radical (unpaired) electrons. The Morgan fingerprint density at radius 3 is 2.62 bits per heavy atom. The highest BCUT2D eigenvalue weighted by atomic mass is 35.5. The maximum Gasteiger partial charge on any atom is 0.146 e. The highest BCUT2D eigenvalue weighted by molar-refractivity contribution is 6.17. The lowest BCUT2D eigenvalue weighted by Crippen LogP contribution is -2.05. The molecule has 4 heteroatoms. The summed E-state index contributed by atoms with van der Waals surface area (Å²) < 4.78 is 7.63. The van der Waals surface area contributed by atoms with Gasteiger partial charge in [0, 0.05) is 18.8 Å². The number of ether oxygens (including phenoxy) is 1. The molecule has 0 aliphatic heterocycles. The standard InChI is InChI=1S/C17H17ClN2O/c1-21-15-9-5-8-14-17(15)19-16(10-11-18)20(14)12-13-6-3-2-4-7-13/h2-9H,10-12H2,1H3. The summed E-state index contributed by atoms with van der Waals surface area (Å²) in [5.41, 5.74) is 3.23. The summed E-state index contributed by atoms with van der Waals surface area (Å²) in [4.78, 5) is 4.72. The average Bonchev–Trinajstić information content (AvgIpc) is 2.87. The molecule has 0 atom stereocenters. The summed E-state index contributed by atoms with van der Waals surface area (Å²) >= 11 is 5.93. The van der Waals surface area contributed by atoms with Gasteiger partial charge in [-0.25, -0.2) is 4.98 Å². The van der Waals surface area contributed by atoms with Crippen molar-refractivity contribution in [1.82, 2.24) is 9.55 Å². The number of alkyl halides is 1. The molecular weight excluding hydrogens is 284 g/mol. The van der Waals surface area contributed by atoms with Gasteiger partial charge in [0.1, 0.15) is 17.1 Å². The van der Waals surface area contributed by atoms with Crippen LogP contribution < -0.4 is 4.74 Å². The van der Waals surface area contributed by atoms with Crippen LogP contribution in [0.2, 0.25) is 0 Å². The first-order valence-corrected chi connectivity index (χ1v) is 7.49. The van der Waals surface area contributed by atoms with E-state index in [1.807, 2.05) is 18.2 Å². The van der Waals surface area contributed by atoms with Gasteiger partial charge in [0.25, 0.3) is 0 Å². The smallest absolute Gasteiger partial charge is 0.146 e. The lowest BCUT2D eigenvalue weighted by atomic mass is 10.2. The number of benzene rings is 2. The lowest BCUT2D eigenvalue weighted by Gasteiger charge is -2.09. The Morgan fingerprint density at radius 2 is 1.90 bits per heavy atom. The van der Waals surface area contributed by atoms with Gasteiger partial charge in [-0.2, -0.15) is 0 Å². The van der Waals surface area contributed by atoms with Crippen LogP contribution in [0.3, 0.4) is 0 Å². The molecule has 0 saturated carbocycles. The van der Waals surface area contributed by atoms with E-state index < -0.39 is 0 Å². The van der Waals surface area contributed by atoms with Crippen molar-refractivity contribution in [3.63, 3.8) is 0 Å². The fourth-order valence-electron chi connectivity index (χ4n) is 2.55. The number of fused-ring (bicyclic) bond motifs is 1. The predicted molar refractivity (Wildman–Crippen MR) is 86.3 cm³/mol. The third kappa shape index (κ3) is 2.74. The summed E-state index contributed by atoms with van der Waals surface area (Å²) in [6, 6.07) is 16.4. The van der Waals surface area contributed by atoms with Crippen LogP contribution in [0, 0.1) is 0 Å². The van der Waals surface area contributed by atoms with E-state index in [0.29, 0.717) is 5.88 Å². The molecule has 0 unspecified atom stereocenters. The summed E-state index contributed by atoms with van der Waals surface area (Å²) in [5, 5.41) is 0. The van der Waals surface area contributed by atoms with Crippen molar-refractivity contribution in [2.24, 2.45) is 0 Å². The summed E-state index contributed by atoms with van der Waals surface area (Å²) in [7, 11) is 1.67. The SMILES string of the molecule is COc1cccc2c1nc(CCCl)n2Cc1ccccc1. The number of aryl methyl sites for hydroxylation is 1. The summed E-state index contributed by atoms with van der Waals surface area (Å²) in [6.07, 6.45) is 0.742. The van der Waals surface area contributed by atoms with Crippen molar-refractivity contribution < 1.29 is 4.74 Å².